The standard InChI is InChI=1S/C14H24N4O/c1-9(2)12-13(15-3)16-8-17-14(12)18-10-4-6-11(19)7-5-10/h8-11,19H,4-7H2,1-3H3,(H2,15,16,17,18). The van der Waals surface area contributed by atoms with E-state index in [2.05, 4.69) is 34.4 Å². The third kappa shape index (κ3) is 3.35. The average molecular weight is 264 g/mol. The summed E-state index contributed by atoms with van der Waals surface area (Å²) in [5.74, 6) is 2.18. The number of rotatable bonds is 4. The number of aliphatic hydroxyl groups is 1. The summed E-state index contributed by atoms with van der Waals surface area (Å²) in [5, 5.41) is 16.2. The van der Waals surface area contributed by atoms with Crippen molar-refractivity contribution in [2.24, 2.45) is 0 Å². The van der Waals surface area contributed by atoms with Gasteiger partial charge in [-0.25, -0.2) is 9.97 Å². The number of hydrogen-bond acceptors (Lipinski definition) is 5. The van der Waals surface area contributed by atoms with Gasteiger partial charge in [-0.3, -0.25) is 0 Å². The number of nitrogens with one attached hydrogen (secondary N) is 2. The van der Waals surface area contributed by atoms with Crippen LogP contribution in [0, 0.1) is 0 Å². The molecular weight excluding hydrogens is 240 g/mol. The molecule has 1 aromatic rings. The van der Waals surface area contributed by atoms with Crippen molar-refractivity contribution in [1.82, 2.24) is 9.97 Å². The van der Waals surface area contributed by atoms with Gasteiger partial charge in [-0.05, 0) is 31.6 Å². The van der Waals surface area contributed by atoms with Crippen molar-refractivity contribution in [1.29, 1.82) is 0 Å². The van der Waals surface area contributed by atoms with E-state index in [9.17, 15) is 5.11 Å². The quantitative estimate of drug-likeness (QED) is 0.779. The van der Waals surface area contributed by atoms with Crippen molar-refractivity contribution >= 4 is 11.6 Å². The van der Waals surface area contributed by atoms with Gasteiger partial charge in [-0.2, -0.15) is 0 Å². The Labute approximate surface area is 114 Å². The molecule has 1 aliphatic rings. The minimum atomic E-state index is -0.124. The van der Waals surface area contributed by atoms with E-state index in [0.29, 0.717) is 12.0 Å². The molecule has 19 heavy (non-hydrogen) atoms. The first kappa shape index (κ1) is 14.1. The molecule has 1 fully saturated rings. The van der Waals surface area contributed by atoms with Crippen LogP contribution in [0.3, 0.4) is 0 Å². The Bertz CT molecular complexity index is 414. The first-order valence-electron chi connectivity index (χ1n) is 7.09. The van der Waals surface area contributed by atoms with Crippen LogP contribution in [0.5, 0.6) is 0 Å². The third-order valence-electron chi connectivity index (χ3n) is 3.74. The van der Waals surface area contributed by atoms with Crippen LogP contribution >= 0.6 is 0 Å². The highest BCUT2D eigenvalue weighted by Crippen LogP contribution is 2.30. The lowest BCUT2D eigenvalue weighted by atomic mass is 9.93. The minimum absolute atomic E-state index is 0.124. The van der Waals surface area contributed by atoms with Crippen molar-refractivity contribution in [3.63, 3.8) is 0 Å². The maximum atomic E-state index is 9.55. The molecule has 1 saturated carbocycles. The van der Waals surface area contributed by atoms with Crippen LogP contribution in [-0.2, 0) is 0 Å². The average Bonchev–Trinajstić information content (AvgIpc) is 2.40. The molecule has 0 atom stereocenters. The predicted octanol–water partition coefficient (Wildman–Crippen LogP) is 2.36. The zero-order valence-electron chi connectivity index (χ0n) is 12.0. The lowest BCUT2D eigenvalue weighted by Gasteiger charge is -2.28. The van der Waals surface area contributed by atoms with Crippen LogP contribution in [-0.4, -0.2) is 34.3 Å². The van der Waals surface area contributed by atoms with E-state index < -0.39 is 0 Å². The monoisotopic (exact) mass is 264 g/mol. The summed E-state index contributed by atoms with van der Waals surface area (Å²) in [6, 6.07) is 0.403. The second kappa shape index (κ2) is 6.19. The molecule has 106 valence electrons. The van der Waals surface area contributed by atoms with Gasteiger partial charge in [-0.15, -0.1) is 0 Å². The zero-order valence-corrected chi connectivity index (χ0v) is 12.0. The maximum absolute atomic E-state index is 9.55. The highest BCUT2D eigenvalue weighted by Gasteiger charge is 2.22. The molecule has 0 aromatic carbocycles. The number of hydrogen-bond donors (Lipinski definition) is 3. The predicted molar refractivity (Wildman–Crippen MR) is 77.6 cm³/mol. The second-order valence-corrected chi connectivity index (χ2v) is 5.54. The fraction of sp³-hybridized carbons (Fsp3) is 0.714. The number of aromatic nitrogens is 2. The first-order chi connectivity index (χ1) is 9.11. The SMILES string of the molecule is CNc1ncnc(NC2CCC(O)CC2)c1C(C)C. The van der Waals surface area contributed by atoms with Crippen molar-refractivity contribution in [2.45, 2.75) is 57.6 Å². The molecule has 0 spiro atoms. The molecule has 1 aliphatic carbocycles. The van der Waals surface area contributed by atoms with E-state index in [-0.39, 0.29) is 6.10 Å². The van der Waals surface area contributed by atoms with Gasteiger partial charge in [-0.1, -0.05) is 13.8 Å². The van der Waals surface area contributed by atoms with Gasteiger partial charge in [0.15, 0.2) is 0 Å². The van der Waals surface area contributed by atoms with Crippen LogP contribution in [0.2, 0.25) is 0 Å². The summed E-state index contributed by atoms with van der Waals surface area (Å²) in [6.07, 6.45) is 5.21. The molecule has 0 radical (unpaired) electrons. The number of anilines is 2. The zero-order chi connectivity index (χ0) is 13.8. The van der Waals surface area contributed by atoms with Crippen LogP contribution < -0.4 is 10.6 Å². The largest absolute Gasteiger partial charge is 0.393 e. The highest BCUT2D eigenvalue weighted by atomic mass is 16.3. The first-order valence-corrected chi connectivity index (χ1v) is 7.09. The van der Waals surface area contributed by atoms with E-state index in [1.165, 1.54) is 0 Å². The number of nitrogens with zero attached hydrogens (tertiary/aromatic N) is 2. The van der Waals surface area contributed by atoms with E-state index in [1.54, 1.807) is 6.33 Å². The van der Waals surface area contributed by atoms with E-state index in [0.717, 1.165) is 42.9 Å². The Hall–Kier alpha value is -1.36. The molecule has 5 heteroatoms. The van der Waals surface area contributed by atoms with Crippen LogP contribution in [0.4, 0.5) is 11.6 Å². The van der Waals surface area contributed by atoms with Crippen molar-refractivity contribution < 1.29 is 5.11 Å². The number of aliphatic hydroxyl groups excluding tert-OH is 1. The Balaban J connectivity index is 2.15. The lowest BCUT2D eigenvalue weighted by molar-refractivity contribution is 0.126. The fourth-order valence-corrected chi connectivity index (χ4v) is 2.67. The normalized spacial score (nSPS) is 23.4. The minimum Gasteiger partial charge on any atom is -0.393 e. The molecule has 5 nitrogen and oxygen atoms in total. The van der Waals surface area contributed by atoms with Crippen LogP contribution in [0.1, 0.15) is 51.0 Å². The topological polar surface area (TPSA) is 70.1 Å². The van der Waals surface area contributed by atoms with Gasteiger partial charge in [0, 0.05) is 18.7 Å². The van der Waals surface area contributed by atoms with Crippen LogP contribution in [0.25, 0.3) is 0 Å². The molecule has 0 aliphatic heterocycles. The highest BCUT2D eigenvalue weighted by molar-refractivity contribution is 5.59. The smallest absolute Gasteiger partial charge is 0.135 e. The third-order valence-corrected chi connectivity index (χ3v) is 3.74. The molecule has 1 aromatic heterocycles. The Kier molecular flexibility index (Phi) is 4.58. The fourth-order valence-electron chi connectivity index (χ4n) is 2.67. The van der Waals surface area contributed by atoms with Gasteiger partial charge in [0.25, 0.3) is 0 Å². The van der Waals surface area contributed by atoms with Gasteiger partial charge < -0.3 is 15.7 Å². The van der Waals surface area contributed by atoms with E-state index >= 15 is 0 Å². The summed E-state index contributed by atoms with van der Waals surface area (Å²) < 4.78 is 0. The molecule has 1 heterocycles. The van der Waals surface area contributed by atoms with Gasteiger partial charge in [0.1, 0.15) is 18.0 Å². The molecule has 0 bridgehead atoms. The summed E-state index contributed by atoms with van der Waals surface area (Å²) in [4.78, 5) is 8.68. The summed E-state index contributed by atoms with van der Waals surface area (Å²) >= 11 is 0. The van der Waals surface area contributed by atoms with Crippen molar-refractivity contribution in [3.05, 3.63) is 11.9 Å². The maximum Gasteiger partial charge on any atom is 0.135 e. The molecular formula is C14H24N4O. The van der Waals surface area contributed by atoms with Gasteiger partial charge >= 0.3 is 0 Å². The Morgan fingerprint density at radius 3 is 2.37 bits per heavy atom. The van der Waals surface area contributed by atoms with Gasteiger partial charge in [0.05, 0.1) is 6.10 Å². The van der Waals surface area contributed by atoms with E-state index in [1.807, 2.05) is 7.05 Å². The summed E-state index contributed by atoms with van der Waals surface area (Å²) in [5.41, 5.74) is 1.14. The summed E-state index contributed by atoms with van der Waals surface area (Å²) in [7, 11) is 1.88. The molecule has 0 amide bonds. The Morgan fingerprint density at radius 1 is 1.16 bits per heavy atom. The molecule has 3 N–H and O–H groups in total. The Morgan fingerprint density at radius 2 is 1.79 bits per heavy atom. The van der Waals surface area contributed by atoms with Crippen LogP contribution in [0.15, 0.2) is 6.33 Å². The van der Waals surface area contributed by atoms with Crippen molar-refractivity contribution in [3.8, 4) is 0 Å². The second-order valence-electron chi connectivity index (χ2n) is 5.54. The van der Waals surface area contributed by atoms with E-state index in [4.69, 9.17) is 0 Å². The summed E-state index contributed by atoms with van der Waals surface area (Å²) in [6.45, 7) is 4.30. The lowest BCUT2D eigenvalue weighted by Crippen LogP contribution is -2.29. The molecule has 0 unspecified atom stereocenters. The van der Waals surface area contributed by atoms with Crippen molar-refractivity contribution in [2.75, 3.05) is 17.7 Å². The molecule has 0 saturated heterocycles. The van der Waals surface area contributed by atoms with Gasteiger partial charge in [0.2, 0.25) is 0 Å². The molecule has 2 rings (SSSR count).